The second-order valence-electron chi connectivity index (χ2n) is 6.53. The SMILES string of the molecule is CCOc1ccccc1C1Oc2nc(SCC)nnc2-c2ccccc2N1C(C)=O. The average molecular weight is 423 g/mol. The minimum absolute atomic E-state index is 0.164. The van der Waals surface area contributed by atoms with E-state index in [1.165, 1.54) is 18.7 Å². The number of aromatic nitrogens is 3. The quantitative estimate of drug-likeness (QED) is 0.561. The Bertz CT molecular complexity index is 1080. The molecule has 4 rings (SSSR count). The molecule has 30 heavy (non-hydrogen) atoms. The number of thioether (sulfide) groups is 1. The number of hydrogen-bond donors (Lipinski definition) is 0. The van der Waals surface area contributed by atoms with Crippen molar-refractivity contribution < 1.29 is 14.3 Å². The molecule has 0 saturated heterocycles. The van der Waals surface area contributed by atoms with Gasteiger partial charge in [-0.3, -0.25) is 9.69 Å². The molecule has 2 heterocycles. The van der Waals surface area contributed by atoms with Crippen LogP contribution < -0.4 is 14.4 Å². The van der Waals surface area contributed by atoms with Crippen LogP contribution in [0.3, 0.4) is 0 Å². The van der Waals surface area contributed by atoms with Crippen LogP contribution in [0, 0.1) is 0 Å². The highest BCUT2D eigenvalue weighted by atomic mass is 32.2. The fourth-order valence-electron chi connectivity index (χ4n) is 3.42. The molecule has 0 bridgehead atoms. The molecular formula is C22H22N4O3S. The molecule has 8 heteroatoms. The molecule has 1 amide bonds. The molecule has 1 aromatic heterocycles. The van der Waals surface area contributed by atoms with Crippen LogP contribution in [0.4, 0.5) is 5.69 Å². The van der Waals surface area contributed by atoms with Crippen molar-refractivity contribution in [1.82, 2.24) is 15.2 Å². The monoisotopic (exact) mass is 422 g/mol. The Balaban J connectivity index is 1.95. The predicted molar refractivity (Wildman–Crippen MR) is 116 cm³/mol. The van der Waals surface area contributed by atoms with Crippen LogP contribution in [-0.2, 0) is 4.79 Å². The molecule has 3 aromatic rings. The maximum atomic E-state index is 12.8. The minimum Gasteiger partial charge on any atom is -0.493 e. The maximum absolute atomic E-state index is 12.8. The summed E-state index contributed by atoms with van der Waals surface area (Å²) >= 11 is 1.48. The smallest absolute Gasteiger partial charge is 0.247 e. The van der Waals surface area contributed by atoms with Crippen LogP contribution in [-0.4, -0.2) is 33.4 Å². The van der Waals surface area contributed by atoms with Gasteiger partial charge in [0.2, 0.25) is 23.2 Å². The van der Waals surface area contributed by atoms with E-state index in [1.54, 1.807) is 4.90 Å². The normalized spacial score (nSPS) is 14.9. The van der Waals surface area contributed by atoms with Crippen molar-refractivity contribution in [2.24, 2.45) is 0 Å². The molecule has 0 saturated carbocycles. The maximum Gasteiger partial charge on any atom is 0.247 e. The van der Waals surface area contributed by atoms with Crippen molar-refractivity contribution in [2.75, 3.05) is 17.3 Å². The Kier molecular flexibility index (Phi) is 5.85. The summed E-state index contributed by atoms with van der Waals surface area (Å²) in [5, 5.41) is 9.15. The first-order valence-corrected chi connectivity index (χ1v) is 10.8. The van der Waals surface area contributed by atoms with E-state index in [-0.39, 0.29) is 5.91 Å². The second-order valence-corrected chi connectivity index (χ2v) is 7.76. The number of carbonyl (C=O) groups is 1. The van der Waals surface area contributed by atoms with Crippen LogP contribution in [0.1, 0.15) is 32.6 Å². The van der Waals surface area contributed by atoms with Crippen LogP contribution in [0.5, 0.6) is 11.6 Å². The summed E-state index contributed by atoms with van der Waals surface area (Å²) in [5.74, 6) is 1.64. The highest BCUT2D eigenvalue weighted by Crippen LogP contribution is 2.44. The van der Waals surface area contributed by atoms with Gasteiger partial charge < -0.3 is 9.47 Å². The van der Waals surface area contributed by atoms with Crippen LogP contribution in [0.25, 0.3) is 11.3 Å². The third kappa shape index (κ3) is 3.70. The van der Waals surface area contributed by atoms with Gasteiger partial charge in [-0.1, -0.05) is 49.0 Å². The Hall–Kier alpha value is -3.13. The molecule has 1 atom stereocenters. The van der Waals surface area contributed by atoms with Gasteiger partial charge in [0.25, 0.3) is 0 Å². The summed E-state index contributed by atoms with van der Waals surface area (Å²) in [6, 6.07) is 15.1. The summed E-state index contributed by atoms with van der Waals surface area (Å²) in [7, 11) is 0. The lowest BCUT2D eigenvalue weighted by Gasteiger charge is -2.30. The van der Waals surface area contributed by atoms with Crippen molar-refractivity contribution in [1.29, 1.82) is 0 Å². The van der Waals surface area contributed by atoms with Crippen LogP contribution in [0.2, 0.25) is 0 Å². The van der Waals surface area contributed by atoms with Crippen molar-refractivity contribution in [3.8, 4) is 22.9 Å². The Labute approximate surface area is 179 Å². The van der Waals surface area contributed by atoms with Gasteiger partial charge in [0.15, 0.2) is 5.69 Å². The lowest BCUT2D eigenvalue weighted by atomic mass is 10.1. The van der Waals surface area contributed by atoms with E-state index in [2.05, 4.69) is 15.2 Å². The first kappa shape index (κ1) is 20.2. The molecule has 0 aliphatic carbocycles. The standard InChI is InChI=1S/C22H22N4O3S/c1-4-28-18-13-9-7-11-16(18)21-26(14(3)27)17-12-8-6-10-15(17)19-20(29-21)23-22(25-24-19)30-5-2/h6-13,21H,4-5H2,1-3H3. The summed E-state index contributed by atoms with van der Waals surface area (Å²) < 4.78 is 12.2. The fraction of sp³-hybridized carbons (Fsp3) is 0.273. The molecule has 2 aromatic carbocycles. The van der Waals surface area contributed by atoms with Gasteiger partial charge in [0, 0.05) is 12.5 Å². The van der Waals surface area contributed by atoms with E-state index in [0.29, 0.717) is 34.8 Å². The van der Waals surface area contributed by atoms with E-state index < -0.39 is 6.23 Å². The van der Waals surface area contributed by atoms with Gasteiger partial charge in [-0.05, 0) is 30.9 Å². The number of nitrogens with zero attached hydrogens (tertiary/aromatic N) is 4. The van der Waals surface area contributed by atoms with Gasteiger partial charge in [-0.25, -0.2) is 0 Å². The van der Waals surface area contributed by atoms with Gasteiger partial charge in [0.05, 0.1) is 17.9 Å². The minimum atomic E-state index is -0.760. The molecule has 0 fully saturated rings. The fourth-order valence-corrected chi connectivity index (χ4v) is 3.92. The highest BCUT2D eigenvalue weighted by Gasteiger charge is 2.35. The number of rotatable bonds is 5. The number of anilines is 1. The zero-order valence-corrected chi connectivity index (χ0v) is 17.8. The van der Waals surface area contributed by atoms with Crippen molar-refractivity contribution in [2.45, 2.75) is 32.2 Å². The molecule has 0 radical (unpaired) electrons. The molecule has 154 valence electrons. The first-order valence-electron chi connectivity index (χ1n) is 9.79. The second kappa shape index (κ2) is 8.71. The number of fused-ring (bicyclic) bond motifs is 3. The van der Waals surface area contributed by atoms with Gasteiger partial charge >= 0.3 is 0 Å². The largest absolute Gasteiger partial charge is 0.493 e. The predicted octanol–water partition coefficient (Wildman–Crippen LogP) is 4.49. The summed E-state index contributed by atoms with van der Waals surface area (Å²) in [5.41, 5.74) is 2.67. The molecule has 1 aliphatic rings. The molecule has 1 unspecified atom stereocenters. The lowest BCUT2D eigenvalue weighted by molar-refractivity contribution is -0.118. The highest BCUT2D eigenvalue weighted by molar-refractivity contribution is 7.99. The van der Waals surface area contributed by atoms with Gasteiger partial charge in [-0.2, -0.15) is 4.98 Å². The van der Waals surface area contributed by atoms with E-state index in [4.69, 9.17) is 9.47 Å². The van der Waals surface area contributed by atoms with E-state index in [0.717, 1.165) is 16.9 Å². The molecule has 0 spiro atoms. The third-order valence-corrected chi connectivity index (χ3v) is 5.33. The Morgan fingerprint density at radius 3 is 2.67 bits per heavy atom. The van der Waals surface area contributed by atoms with E-state index in [1.807, 2.05) is 62.4 Å². The number of para-hydroxylation sites is 2. The van der Waals surface area contributed by atoms with Crippen molar-refractivity contribution in [3.05, 3.63) is 54.1 Å². The van der Waals surface area contributed by atoms with Crippen molar-refractivity contribution >= 4 is 23.4 Å². The van der Waals surface area contributed by atoms with Crippen LogP contribution >= 0.6 is 11.8 Å². The average Bonchev–Trinajstić information content (AvgIpc) is 2.89. The van der Waals surface area contributed by atoms with Gasteiger partial charge in [0.1, 0.15) is 5.75 Å². The summed E-state index contributed by atoms with van der Waals surface area (Å²) in [6.07, 6.45) is -0.760. The van der Waals surface area contributed by atoms with Gasteiger partial charge in [-0.15, -0.1) is 10.2 Å². The molecular weight excluding hydrogens is 400 g/mol. The number of ether oxygens (including phenoxy) is 2. The van der Waals surface area contributed by atoms with E-state index >= 15 is 0 Å². The summed E-state index contributed by atoms with van der Waals surface area (Å²) in [6.45, 7) is 5.96. The zero-order chi connectivity index (χ0) is 21.1. The number of benzene rings is 2. The molecule has 7 nitrogen and oxygen atoms in total. The number of carbonyl (C=O) groups excluding carboxylic acids is 1. The Morgan fingerprint density at radius 2 is 1.90 bits per heavy atom. The Morgan fingerprint density at radius 1 is 1.13 bits per heavy atom. The number of amides is 1. The lowest BCUT2D eigenvalue weighted by Crippen LogP contribution is -2.36. The van der Waals surface area contributed by atoms with Crippen molar-refractivity contribution in [3.63, 3.8) is 0 Å². The topological polar surface area (TPSA) is 77.4 Å². The third-order valence-electron chi connectivity index (χ3n) is 4.61. The zero-order valence-electron chi connectivity index (χ0n) is 17.0. The van der Waals surface area contributed by atoms with E-state index in [9.17, 15) is 4.79 Å². The van der Waals surface area contributed by atoms with Crippen LogP contribution in [0.15, 0.2) is 53.7 Å². The summed E-state index contributed by atoms with van der Waals surface area (Å²) in [4.78, 5) is 19.0. The first-order chi connectivity index (χ1) is 14.6. The number of hydrogen-bond acceptors (Lipinski definition) is 7. The molecule has 1 aliphatic heterocycles. The molecule has 0 N–H and O–H groups in total.